The van der Waals surface area contributed by atoms with Gasteiger partial charge < -0.3 is 10.2 Å². The van der Waals surface area contributed by atoms with E-state index in [0.29, 0.717) is 29.6 Å². The minimum Gasteiger partial charge on any atom is -0.325 e. The lowest BCUT2D eigenvalue weighted by atomic mass is 10.0. The van der Waals surface area contributed by atoms with E-state index in [4.69, 9.17) is 11.6 Å². The largest absolute Gasteiger partial charge is 0.325 e. The van der Waals surface area contributed by atoms with Crippen molar-refractivity contribution in [1.82, 2.24) is 9.21 Å². The molecule has 2 rings (SSSR count). The maximum Gasteiger partial charge on any atom is 0.242 e. The summed E-state index contributed by atoms with van der Waals surface area (Å²) in [7, 11) is -0.652. The SMILES string of the molecule is C[C@H]1CCCN(CCC(=O)Nc2cc(S(=O)(=O)N(C)C)ccc2Cl)C1. The number of hydrogen-bond donors (Lipinski definition) is 1. The highest BCUT2D eigenvalue weighted by Gasteiger charge is 2.20. The van der Waals surface area contributed by atoms with Crippen molar-refractivity contribution in [3.63, 3.8) is 0 Å². The maximum absolute atomic E-state index is 12.2. The molecular weight excluding hydrogens is 362 g/mol. The first kappa shape index (κ1) is 20.2. The number of hydrogen-bond acceptors (Lipinski definition) is 4. The molecule has 0 unspecified atom stereocenters. The molecule has 1 heterocycles. The average Bonchev–Trinajstić information content (AvgIpc) is 2.55. The molecule has 140 valence electrons. The summed E-state index contributed by atoms with van der Waals surface area (Å²) in [6, 6.07) is 4.32. The van der Waals surface area contributed by atoms with E-state index in [1.807, 2.05) is 0 Å². The monoisotopic (exact) mass is 387 g/mol. The molecule has 1 saturated heterocycles. The standard InChI is InChI=1S/C17H26ClN3O3S/c1-13-5-4-9-21(12-13)10-8-17(22)19-16-11-14(6-7-15(16)18)25(23,24)20(2)3/h6-7,11,13H,4-5,8-10,12H2,1-3H3,(H,19,22)/t13-/m0/s1. The highest BCUT2D eigenvalue weighted by molar-refractivity contribution is 7.89. The molecule has 1 aliphatic heterocycles. The number of carbonyl (C=O) groups is 1. The van der Waals surface area contributed by atoms with Gasteiger partial charge in [-0.2, -0.15) is 0 Å². The van der Waals surface area contributed by atoms with Gasteiger partial charge in [0.25, 0.3) is 0 Å². The summed E-state index contributed by atoms with van der Waals surface area (Å²) < 4.78 is 25.5. The van der Waals surface area contributed by atoms with Crippen molar-refractivity contribution < 1.29 is 13.2 Å². The van der Waals surface area contributed by atoms with Gasteiger partial charge in [-0.3, -0.25) is 4.79 Å². The summed E-state index contributed by atoms with van der Waals surface area (Å²) in [5.41, 5.74) is 0.321. The van der Waals surface area contributed by atoms with Gasteiger partial charge in [-0.1, -0.05) is 18.5 Å². The number of amides is 1. The lowest BCUT2D eigenvalue weighted by Gasteiger charge is -2.30. The van der Waals surface area contributed by atoms with Crippen LogP contribution in [0.4, 0.5) is 5.69 Å². The molecule has 0 bridgehead atoms. The van der Waals surface area contributed by atoms with Crippen LogP contribution in [0, 0.1) is 5.92 Å². The second-order valence-corrected chi connectivity index (χ2v) is 9.33. The third kappa shape index (κ3) is 5.41. The number of halogens is 1. The Labute approximate surface area is 155 Å². The summed E-state index contributed by atoms with van der Waals surface area (Å²) in [4.78, 5) is 14.6. The zero-order chi connectivity index (χ0) is 18.6. The average molecular weight is 388 g/mol. The Morgan fingerprint density at radius 2 is 2.12 bits per heavy atom. The van der Waals surface area contributed by atoms with Gasteiger partial charge in [-0.25, -0.2) is 12.7 Å². The molecular formula is C17H26ClN3O3S. The van der Waals surface area contributed by atoms with Crippen molar-refractivity contribution >= 4 is 33.2 Å². The Balaban J connectivity index is 2.00. The Kier molecular flexibility index (Phi) is 6.85. The van der Waals surface area contributed by atoms with Gasteiger partial charge in [-0.15, -0.1) is 0 Å². The van der Waals surface area contributed by atoms with Crippen LogP contribution >= 0.6 is 11.6 Å². The molecule has 6 nitrogen and oxygen atoms in total. The van der Waals surface area contributed by atoms with Crippen molar-refractivity contribution in [3.05, 3.63) is 23.2 Å². The predicted molar refractivity (Wildman–Crippen MR) is 100 cm³/mol. The number of nitrogens with zero attached hydrogens (tertiary/aromatic N) is 2. The number of carbonyl (C=O) groups excluding carboxylic acids is 1. The Bertz CT molecular complexity index is 722. The van der Waals surface area contributed by atoms with Gasteiger partial charge in [0, 0.05) is 33.6 Å². The molecule has 25 heavy (non-hydrogen) atoms. The van der Waals surface area contributed by atoms with Crippen LogP contribution in [0.1, 0.15) is 26.2 Å². The van der Waals surface area contributed by atoms with E-state index < -0.39 is 10.0 Å². The third-order valence-corrected chi connectivity index (χ3v) is 6.53. The number of likely N-dealkylation sites (tertiary alicyclic amines) is 1. The third-order valence-electron chi connectivity index (χ3n) is 4.39. The van der Waals surface area contributed by atoms with Crippen LogP contribution in [0.3, 0.4) is 0 Å². The van der Waals surface area contributed by atoms with E-state index in [2.05, 4.69) is 17.1 Å². The molecule has 0 aliphatic carbocycles. The molecule has 1 amide bonds. The zero-order valence-electron chi connectivity index (χ0n) is 15.0. The van der Waals surface area contributed by atoms with Gasteiger partial charge in [0.05, 0.1) is 15.6 Å². The van der Waals surface area contributed by atoms with Gasteiger partial charge in [0.15, 0.2) is 0 Å². The highest BCUT2D eigenvalue weighted by Crippen LogP contribution is 2.26. The van der Waals surface area contributed by atoms with Crippen molar-refractivity contribution in [1.29, 1.82) is 0 Å². The molecule has 0 saturated carbocycles. The van der Waals surface area contributed by atoms with E-state index in [1.54, 1.807) is 0 Å². The van der Waals surface area contributed by atoms with E-state index in [1.165, 1.54) is 45.1 Å². The number of benzene rings is 1. The minimum atomic E-state index is -3.57. The first-order valence-corrected chi connectivity index (χ1v) is 10.3. The maximum atomic E-state index is 12.2. The van der Waals surface area contributed by atoms with Crippen molar-refractivity contribution in [2.75, 3.05) is 39.0 Å². The predicted octanol–water partition coefficient (Wildman–Crippen LogP) is 2.65. The lowest BCUT2D eigenvalue weighted by molar-refractivity contribution is -0.116. The number of nitrogens with one attached hydrogen (secondary N) is 1. The minimum absolute atomic E-state index is 0.0991. The van der Waals surface area contributed by atoms with E-state index in [9.17, 15) is 13.2 Å². The highest BCUT2D eigenvalue weighted by atomic mass is 35.5. The van der Waals surface area contributed by atoms with Gasteiger partial charge in [0.2, 0.25) is 15.9 Å². The van der Waals surface area contributed by atoms with Crippen molar-refractivity contribution in [3.8, 4) is 0 Å². The first-order chi connectivity index (χ1) is 11.7. The normalized spacial score (nSPS) is 19.2. The van der Waals surface area contributed by atoms with Gasteiger partial charge in [-0.05, 0) is 43.5 Å². The second kappa shape index (κ2) is 8.49. The topological polar surface area (TPSA) is 69.7 Å². The molecule has 1 atom stereocenters. The fourth-order valence-electron chi connectivity index (χ4n) is 2.93. The van der Waals surface area contributed by atoms with Crippen LogP contribution < -0.4 is 5.32 Å². The summed E-state index contributed by atoms with van der Waals surface area (Å²) >= 11 is 6.10. The van der Waals surface area contributed by atoms with Crippen molar-refractivity contribution in [2.24, 2.45) is 5.92 Å². The molecule has 8 heteroatoms. The van der Waals surface area contributed by atoms with Crippen LogP contribution in [0.15, 0.2) is 23.1 Å². The molecule has 1 aromatic carbocycles. The fourth-order valence-corrected chi connectivity index (χ4v) is 4.03. The van der Waals surface area contributed by atoms with E-state index in [-0.39, 0.29) is 10.8 Å². The molecule has 0 aromatic heterocycles. The van der Waals surface area contributed by atoms with Gasteiger partial charge >= 0.3 is 0 Å². The van der Waals surface area contributed by atoms with Crippen LogP contribution in [-0.4, -0.2) is 57.3 Å². The fraction of sp³-hybridized carbons (Fsp3) is 0.588. The number of piperidine rings is 1. The summed E-state index contributed by atoms with van der Waals surface area (Å²) in [6.45, 7) is 4.96. The lowest BCUT2D eigenvalue weighted by Crippen LogP contribution is -2.36. The van der Waals surface area contributed by atoms with Crippen LogP contribution in [0.25, 0.3) is 0 Å². The van der Waals surface area contributed by atoms with Crippen LogP contribution in [0.2, 0.25) is 5.02 Å². The number of anilines is 1. The van der Waals surface area contributed by atoms with Crippen molar-refractivity contribution in [2.45, 2.75) is 31.1 Å². The Morgan fingerprint density at radius 3 is 2.76 bits per heavy atom. The summed E-state index contributed by atoms with van der Waals surface area (Å²) in [5, 5.41) is 3.05. The Hall–Kier alpha value is -1.15. The summed E-state index contributed by atoms with van der Waals surface area (Å²) in [6.07, 6.45) is 2.76. The molecule has 0 spiro atoms. The quantitative estimate of drug-likeness (QED) is 0.814. The molecule has 1 aromatic rings. The number of sulfonamides is 1. The van der Waals surface area contributed by atoms with Crippen LogP contribution in [-0.2, 0) is 14.8 Å². The summed E-state index contributed by atoms with van der Waals surface area (Å²) in [5.74, 6) is 0.499. The smallest absolute Gasteiger partial charge is 0.242 e. The first-order valence-electron chi connectivity index (χ1n) is 8.44. The zero-order valence-corrected chi connectivity index (χ0v) is 16.5. The number of rotatable bonds is 6. The second-order valence-electron chi connectivity index (χ2n) is 6.78. The molecule has 1 aliphatic rings. The molecule has 1 N–H and O–H groups in total. The van der Waals surface area contributed by atoms with Gasteiger partial charge in [0.1, 0.15) is 0 Å². The Morgan fingerprint density at radius 1 is 1.40 bits per heavy atom. The molecule has 0 radical (unpaired) electrons. The van der Waals surface area contributed by atoms with Crippen LogP contribution in [0.5, 0.6) is 0 Å². The molecule has 1 fully saturated rings. The van der Waals surface area contributed by atoms with E-state index in [0.717, 1.165) is 17.4 Å². The van der Waals surface area contributed by atoms with E-state index >= 15 is 0 Å².